The molecule has 0 amide bonds. The summed E-state index contributed by atoms with van der Waals surface area (Å²) in [6.45, 7) is 6.27. The number of aliphatic hydroxyl groups excluding tert-OH is 1. The van der Waals surface area contributed by atoms with Gasteiger partial charge in [0.25, 0.3) is 0 Å². The van der Waals surface area contributed by atoms with Crippen molar-refractivity contribution in [3.05, 3.63) is 64.7 Å². The van der Waals surface area contributed by atoms with Crippen LogP contribution in [-0.2, 0) is 4.74 Å². The summed E-state index contributed by atoms with van der Waals surface area (Å²) in [5, 5.41) is 10.4. The number of nitrogens with zero attached hydrogens (tertiary/aromatic N) is 1. The van der Waals surface area contributed by atoms with Gasteiger partial charge >= 0.3 is 5.97 Å². The van der Waals surface area contributed by atoms with E-state index >= 15 is 0 Å². The number of carbonyl (C=O) groups excluding carboxylic acids is 2. The van der Waals surface area contributed by atoms with E-state index in [1.165, 1.54) is 12.7 Å². The predicted molar refractivity (Wildman–Crippen MR) is 119 cm³/mol. The number of β-amino-alcohol motifs (C(OH)–C–C–N with tert-alkyl or cyclic N) is 1. The molecule has 1 fully saturated rings. The lowest BCUT2D eigenvalue weighted by atomic mass is 9.87. The molecule has 2 aromatic carbocycles. The second kappa shape index (κ2) is 10.6. The van der Waals surface area contributed by atoms with Crippen molar-refractivity contribution in [3.63, 3.8) is 0 Å². The number of methoxy groups -OCH3 is 1. The Labute approximate surface area is 183 Å². The molecule has 0 spiro atoms. The Hall–Kier alpha value is -2.70. The molecule has 6 nitrogen and oxygen atoms in total. The van der Waals surface area contributed by atoms with Crippen LogP contribution in [-0.4, -0.2) is 61.2 Å². The van der Waals surface area contributed by atoms with Crippen molar-refractivity contribution in [2.75, 3.05) is 33.4 Å². The monoisotopic (exact) mass is 425 g/mol. The van der Waals surface area contributed by atoms with E-state index in [4.69, 9.17) is 4.74 Å². The van der Waals surface area contributed by atoms with E-state index in [1.54, 1.807) is 24.3 Å². The molecule has 1 saturated heterocycles. The van der Waals surface area contributed by atoms with Gasteiger partial charge < -0.3 is 19.5 Å². The Morgan fingerprint density at radius 2 is 1.77 bits per heavy atom. The van der Waals surface area contributed by atoms with Crippen LogP contribution in [0, 0.1) is 19.8 Å². The fourth-order valence-corrected chi connectivity index (χ4v) is 4.04. The summed E-state index contributed by atoms with van der Waals surface area (Å²) < 4.78 is 10.3. The Balaban J connectivity index is 1.43. The zero-order valence-electron chi connectivity index (χ0n) is 18.5. The minimum atomic E-state index is -0.633. The van der Waals surface area contributed by atoms with E-state index in [9.17, 15) is 14.7 Å². The quantitative estimate of drug-likeness (QED) is 0.516. The van der Waals surface area contributed by atoms with E-state index in [0.717, 1.165) is 37.1 Å². The lowest BCUT2D eigenvalue weighted by Crippen LogP contribution is -2.42. The molecule has 0 aliphatic carbocycles. The Kier molecular flexibility index (Phi) is 7.82. The summed E-state index contributed by atoms with van der Waals surface area (Å²) in [5.74, 6) is 0.464. The second-order valence-corrected chi connectivity index (χ2v) is 8.24. The minimum absolute atomic E-state index is 0.0411. The Morgan fingerprint density at radius 3 is 2.39 bits per heavy atom. The molecule has 1 N–H and O–H groups in total. The number of aryl methyl sites for hydroxylation is 2. The lowest BCUT2D eigenvalue weighted by Gasteiger charge is -2.32. The van der Waals surface area contributed by atoms with Crippen molar-refractivity contribution in [2.45, 2.75) is 32.8 Å². The van der Waals surface area contributed by atoms with Crippen LogP contribution in [0.3, 0.4) is 0 Å². The first-order valence-electron chi connectivity index (χ1n) is 10.7. The van der Waals surface area contributed by atoms with Crippen LogP contribution in [0.25, 0.3) is 0 Å². The molecule has 1 heterocycles. The van der Waals surface area contributed by atoms with Gasteiger partial charge in [-0.3, -0.25) is 4.79 Å². The average Bonchev–Trinajstić information content (AvgIpc) is 2.77. The van der Waals surface area contributed by atoms with E-state index in [1.807, 2.05) is 26.0 Å². The number of aliphatic hydroxyl groups is 1. The highest BCUT2D eigenvalue weighted by molar-refractivity contribution is 5.99. The highest BCUT2D eigenvalue weighted by atomic mass is 16.5. The van der Waals surface area contributed by atoms with Gasteiger partial charge in [-0.05, 0) is 69.6 Å². The number of Topliss-reactive ketones (excluding diaryl/α,β-unsaturated/α-hetero) is 1. The summed E-state index contributed by atoms with van der Waals surface area (Å²) in [7, 11) is 1.34. The van der Waals surface area contributed by atoms with Gasteiger partial charge in [0.15, 0.2) is 5.78 Å². The van der Waals surface area contributed by atoms with Gasteiger partial charge in [0.05, 0.1) is 12.7 Å². The van der Waals surface area contributed by atoms with E-state index in [-0.39, 0.29) is 18.3 Å². The van der Waals surface area contributed by atoms with Gasteiger partial charge in [0.1, 0.15) is 18.5 Å². The Bertz CT molecular complexity index is 901. The molecular weight excluding hydrogens is 394 g/mol. The maximum Gasteiger partial charge on any atom is 0.337 e. The fraction of sp³-hybridized carbons (Fsp3) is 0.440. The average molecular weight is 426 g/mol. The maximum absolute atomic E-state index is 12.9. The molecule has 3 rings (SSSR count). The molecule has 6 heteroatoms. The number of likely N-dealkylation sites (tertiary alicyclic amines) is 1. The fourth-order valence-electron chi connectivity index (χ4n) is 4.04. The van der Waals surface area contributed by atoms with Gasteiger partial charge in [0.2, 0.25) is 0 Å². The standard InChI is InChI=1S/C25H31NO5/c1-17-4-9-23(18(2)14-17)24(28)19-10-12-26(13-11-19)15-21(27)16-31-22-7-5-20(6-8-22)25(29)30-3/h4-9,14,19,21,27H,10-13,15-16H2,1-3H3. The van der Waals surface area contributed by atoms with Crippen LogP contribution in [0.2, 0.25) is 0 Å². The summed E-state index contributed by atoms with van der Waals surface area (Å²) >= 11 is 0. The summed E-state index contributed by atoms with van der Waals surface area (Å²) in [5.41, 5.74) is 3.49. The number of carbonyl (C=O) groups is 2. The first kappa shape index (κ1) is 23.0. The van der Waals surface area contributed by atoms with Crippen LogP contribution >= 0.6 is 0 Å². The topological polar surface area (TPSA) is 76.1 Å². The molecule has 1 aliphatic rings. The smallest absolute Gasteiger partial charge is 0.337 e. The number of hydrogen-bond acceptors (Lipinski definition) is 6. The van der Waals surface area contributed by atoms with Crippen LogP contribution in [0.1, 0.15) is 44.7 Å². The number of piperidine rings is 1. The molecule has 1 aliphatic heterocycles. The van der Waals surface area contributed by atoms with Crippen LogP contribution < -0.4 is 4.74 Å². The minimum Gasteiger partial charge on any atom is -0.491 e. The number of hydrogen-bond donors (Lipinski definition) is 1. The number of benzene rings is 2. The van der Waals surface area contributed by atoms with Crippen LogP contribution in [0.4, 0.5) is 0 Å². The number of ketones is 1. The van der Waals surface area contributed by atoms with Gasteiger partial charge in [-0.2, -0.15) is 0 Å². The highest BCUT2D eigenvalue weighted by Gasteiger charge is 2.27. The molecule has 1 atom stereocenters. The van der Waals surface area contributed by atoms with Crippen molar-refractivity contribution >= 4 is 11.8 Å². The van der Waals surface area contributed by atoms with E-state index in [0.29, 0.717) is 17.9 Å². The van der Waals surface area contributed by atoms with Gasteiger partial charge in [0, 0.05) is 18.0 Å². The zero-order chi connectivity index (χ0) is 22.4. The molecule has 0 saturated carbocycles. The van der Waals surface area contributed by atoms with Gasteiger partial charge in [-0.25, -0.2) is 4.79 Å². The van der Waals surface area contributed by atoms with Crippen molar-refractivity contribution in [1.82, 2.24) is 4.90 Å². The van der Waals surface area contributed by atoms with Gasteiger partial charge in [-0.15, -0.1) is 0 Å². The van der Waals surface area contributed by atoms with E-state index < -0.39 is 12.1 Å². The highest BCUT2D eigenvalue weighted by Crippen LogP contribution is 2.24. The van der Waals surface area contributed by atoms with Crippen molar-refractivity contribution in [1.29, 1.82) is 0 Å². The van der Waals surface area contributed by atoms with Crippen molar-refractivity contribution in [3.8, 4) is 5.75 Å². The number of esters is 1. The molecule has 0 radical (unpaired) electrons. The first-order valence-corrected chi connectivity index (χ1v) is 10.7. The molecule has 166 valence electrons. The molecular formula is C25H31NO5. The van der Waals surface area contributed by atoms with E-state index in [2.05, 4.69) is 15.7 Å². The third-order valence-corrected chi connectivity index (χ3v) is 5.79. The zero-order valence-corrected chi connectivity index (χ0v) is 18.5. The first-order chi connectivity index (χ1) is 14.9. The molecule has 0 bridgehead atoms. The van der Waals surface area contributed by atoms with Crippen LogP contribution in [0.5, 0.6) is 5.75 Å². The lowest BCUT2D eigenvalue weighted by molar-refractivity contribution is 0.0522. The largest absolute Gasteiger partial charge is 0.491 e. The van der Waals surface area contributed by atoms with Crippen molar-refractivity contribution < 1.29 is 24.2 Å². The maximum atomic E-state index is 12.9. The van der Waals surface area contributed by atoms with Gasteiger partial charge in [-0.1, -0.05) is 23.8 Å². The molecule has 2 aromatic rings. The van der Waals surface area contributed by atoms with Crippen molar-refractivity contribution in [2.24, 2.45) is 5.92 Å². The SMILES string of the molecule is COC(=O)c1ccc(OCC(O)CN2CCC(C(=O)c3ccc(C)cc3C)CC2)cc1. The Morgan fingerprint density at radius 1 is 1.10 bits per heavy atom. The number of ether oxygens (including phenoxy) is 2. The summed E-state index contributed by atoms with van der Waals surface area (Å²) in [6, 6.07) is 12.6. The summed E-state index contributed by atoms with van der Waals surface area (Å²) in [4.78, 5) is 26.5. The summed E-state index contributed by atoms with van der Waals surface area (Å²) in [6.07, 6.45) is 0.968. The third kappa shape index (κ3) is 6.15. The normalized spacial score (nSPS) is 16.0. The second-order valence-electron chi connectivity index (χ2n) is 8.24. The predicted octanol–water partition coefficient (Wildman–Crippen LogP) is 3.42. The number of rotatable bonds is 8. The molecule has 31 heavy (non-hydrogen) atoms. The molecule has 0 aromatic heterocycles. The molecule has 1 unspecified atom stereocenters. The third-order valence-electron chi connectivity index (χ3n) is 5.79. The van der Waals surface area contributed by atoms with Crippen LogP contribution in [0.15, 0.2) is 42.5 Å².